The van der Waals surface area contributed by atoms with Gasteiger partial charge < -0.3 is 39.6 Å². The van der Waals surface area contributed by atoms with Crippen molar-refractivity contribution in [1.82, 2.24) is 19.4 Å². The van der Waals surface area contributed by atoms with E-state index in [2.05, 4.69) is 9.97 Å². The number of likely N-dealkylation sites (tertiary alicyclic amines) is 1. The van der Waals surface area contributed by atoms with Gasteiger partial charge in [-0.15, -0.1) is 0 Å². The number of benzene rings is 2. The molecular weight excluding hydrogens is 590 g/mol. The second-order valence-corrected chi connectivity index (χ2v) is 10.7. The number of nitrogen functional groups attached to an aromatic ring is 1. The summed E-state index contributed by atoms with van der Waals surface area (Å²) in [5.41, 5.74) is 6.41. The highest BCUT2D eigenvalue weighted by atomic mass is 19.1. The minimum atomic E-state index is -1.27. The van der Waals surface area contributed by atoms with Gasteiger partial charge >= 0.3 is 5.97 Å². The number of hydrogen-bond acceptors (Lipinski definition) is 9. The number of carboxylic acids is 1. The van der Waals surface area contributed by atoms with Crippen molar-refractivity contribution >= 4 is 11.8 Å². The number of imidazole rings is 1. The third-order valence-corrected chi connectivity index (χ3v) is 7.36. The molecule has 236 valence electrons. The molecule has 0 aliphatic carbocycles. The lowest BCUT2D eigenvalue weighted by Gasteiger charge is -2.33. The maximum Gasteiger partial charge on any atom is 0.307 e. The number of rotatable bonds is 11. The van der Waals surface area contributed by atoms with Gasteiger partial charge in [0.05, 0.1) is 5.92 Å². The van der Waals surface area contributed by atoms with Gasteiger partial charge in [-0.25, -0.2) is 4.98 Å². The molecule has 12 nitrogen and oxygen atoms in total. The molecule has 0 bridgehead atoms. The van der Waals surface area contributed by atoms with Crippen LogP contribution in [0.4, 0.5) is 8.78 Å². The summed E-state index contributed by atoms with van der Waals surface area (Å²) in [5.74, 6) is -6.31. The summed E-state index contributed by atoms with van der Waals surface area (Å²) in [6.45, 7) is 2.89. The van der Waals surface area contributed by atoms with Gasteiger partial charge in [-0.05, 0) is 43.2 Å². The number of carbonyl (C=O) groups is 1. The van der Waals surface area contributed by atoms with Gasteiger partial charge in [0.15, 0.2) is 11.5 Å². The Morgan fingerprint density at radius 2 is 1.84 bits per heavy atom. The number of piperidine rings is 1. The number of aliphatic carboxylic acids is 1. The largest absolute Gasteiger partial charge is 0.504 e. The Morgan fingerprint density at radius 1 is 1.13 bits per heavy atom. The van der Waals surface area contributed by atoms with Crippen LogP contribution < -0.4 is 19.9 Å². The molecule has 1 unspecified atom stereocenters. The molecule has 2 aromatic heterocycles. The number of pyridine rings is 1. The van der Waals surface area contributed by atoms with Gasteiger partial charge in [-0.1, -0.05) is 19.1 Å². The zero-order valence-electron chi connectivity index (χ0n) is 24.5. The van der Waals surface area contributed by atoms with Gasteiger partial charge in [0.2, 0.25) is 17.4 Å². The van der Waals surface area contributed by atoms with Crippen LogP contribution in [-0.2, 0) is 11.8 Å². The van der Waals surface area contributed by atoms with Crippen LogP contribution in [0.2, 0.25) is 0 Å². The van der Waals surface area contributed by atoms with Crippen molar-refractivity contribution in [2.75, 3.05) is 19.6 Å². The molecule has 4 aromatic rings. The Labute approximate surface area is 257 Å². The summed E-state index contributed by atoms with van der Waals surface area (Å²) in [7, 11) is 1.82. The monoisotopic (exact) mass is 622 g/mol. The van der Waals surface area contributed by atoms with E-state index in [1.807, 2.05) is 11.9 Å². The fourth-order valence-electron chi connectivity index (χ4n) is 4.88. The molecule has 1 fully saturated rings. The number of aromatic hydroxyl groups is 1. The predicted octanol–water partition coefficient (Wildman–Crippen LogP) is 4.90. The molecule has 1 aliphatic heterocycles. The predicted molar refractivity (Wildman–Crippen MR) is 159 cm³/mol. The van der Waals surface area contributed by atoms with Crippen molar-refractivity contribution in [3.63, 3.8) is 0 Å². The quantitative estimate of drug-likeness (QED) is 0.133. The molecule has 1 saturated heterocycles. The number of amidine groups is 1. The highest BCUT2D eigenvalue weighted by molar-refractivity contribution is 5.95. The van der Waals surface area contributed by atoms with Crippen molar-refractivity contribution in [1.29, 1.82) is 5.41 Å². The fourth-order valence-corrected chi connectivity index (χ4v) is 4.88. The molecule has 3 heterocycles. The van der Waals surface area contributed by atoms with Crippen molar-refractivity contribution < 1.29 is 38.0 Å². The first-order valence-electron chi connectivity index (χ1n) is 14.1. The van der Waals surface area contributed by atoms with E-state index in [4.69, 9.17) is 25.4 Å². The number of nitrogens with zero attached hydrogens (tertiary/aromatic N) is 4. The summed E-state index contributed by atoms with van der Waals surface area (Å²) in [5, 5.41) is 27.2. The minimum Gasteiger partial charge on any atom is -0.504 e. The van der Waals surface area contributed by atoms with E-state index in [-0.39, 0.29) is 22.9 Å². The molecular formula is C31H32F2N6O6. The fraction of sp³-hybridized carbons (Fsp3) is 0.290. The van der Waals surface area contributed by atoms with E-state index >= 15 is 8.78 Å². The number of nitrogens with one attached hydrogen (secondary N) is 1. The van der Waals surface area contributed by atoms with Gasteiger partial charge in [0.25, 0.3) is 11.8 Å². The first kappa shape index (κ1) is 31.2. The summed E-state index contributed by atoms with van der Waals surface area (Å²) in [6, 6.07) is 10.5. The van der Waals surface area contributed by atoms with Gasteiger partial charge in [0, 0.05) is 50.2 Å². The average Bonchev–Trinajstić information content (AvgIpc) is 3.45. The zero-order chi connectivity index (χ0) is 32.2. The summed E-state index contributed by atoms with van der Waals surface area (Å²) in [6.07, 6.45) is 3.56. The number of halogens is 2. The van der Waals surface area contributed by atoms with E-state index in [0.29, 0.717) is 43.9 Å². The Hall–Kier alpha value is -5.24. The van der Waals surface area contributed by atoms with Crippen LogP contribution in [0.3, 0.4) is 0 Å². The number of hydrogen-bond donors (Lipinski definition) is 4. The van der Waals surface area contributed by atoms with Crippen LogP contribution in [0, 0.1) is 23.0 Å². The van der Waals surface area contributed by atoms with Crippen LogP contribution in [0.5, 0.6) is 34.8 Å². The number of phenolic OH excluding ortho intramolecular Hbond substituents is 1. The molecule has 1 atom stereocenters. The van der Waals surface area contributed by atoms with E-state index < -0.39 is 52.9 Å². The smallest absolute Gasteiger partial charge is 0.307 e. The van der Waals surface area contributed by atoms with Gasteiger partial charge in [-0.3, -0.25) is 10.2 Å². The van der Waals surface area contributed by atoms with Crippen molar-refractivity contribution in [3.05, 3.63) is 72.1 Å². The van der Waals surface area contributed by atoms with Gasteiger partial charge in [-0.2, -0.15) is 13.8 Å². The first-order chi connectivity index (χ1) is 21.5. The second kappa shape index (κ2) is 13.2. The summed E-state index contributed by atoms with van der Waals surface area (Å²) >= 11 is 0. The Morgan fingerprint density at radius 3 is 2.49 bits per heavy atom. The first-order valence-corrected chi connectivity index (χ1v) is 14.1. The molecule has 5 N–H and O–H groups in total. The SMILES string of the molecule is CC(CN1CCC(Oc2c(F)c(Oc3cccc(-c4nccn4C)c3)nc(Oc3cc(C(=N)N)ccc3O)c2F)CC1)C(=O)O. The van der Waals surface area contributed by atoms with Crippen LogP contribution in [0.15, 0.2) is 54.9 Å². The van der Waals surface area contributed by atoms with E-state index in [1.165, 1.54) is 18.2 Å². The summed E-state index contributed by atoms with van der Waals surface area (Å²) < 4.78 is 50.8. The number of aromatic nitrogens is 3. The highest BCUT2D eigenvalue weighted by Gasteiger charge is 2.30. The molecule has 1 aliphatic rings. The highest BCUT2D eigenvalue weighted by Crippen LogP contribution is 2.40. The number of nitrogens with two attached hydrogens (primary N) is 1. The normalized spacial score (nSPS) is 14.6. The number of carboxylic acid groups (broad SMARTS) is 1. The van der Waals surface area contributed by atoms with Crippen LogP contribution in [0.1, 0.15) is 25.3 Å². The third kappa shape index (κ3) is 7.12. The Balaban J connectivity index is 1.47. The van der Waals surface area contributed by atoms with Crippen molar-refractivity contribution in [2.45, 2.75) is 25.9 Å². The van der Waals surface area contributed by atoms with Crippen molar-refractivity contribution in [3.8, 4) is 46.1 Å². The topological polar surface area (TPSA) is 169 Å². The van der Waals surface area contributed by atoms with Crippen LogP contribution in [-0.4, -0.2) is 67.2 Å². The number of aryl methyl sites for hydroxylation is 1. The average molecular weight is 623 g/mol. The zero-order valence-corrected chi connectivity index (χ0v) is 24.5. The lowest BCUT2D eigenvalue weighted by molar-refractivity contribution is -0.141. The van der Waals surface area contributed by atoms with E-state index in [1.54, 1.807) is 48.1 Å². The molecule has 0 amide bonds. The van der Waals surface area contributed by atoms with E-state index in [9.17, 15) is 15.0 Å². The number of ether oxygens (including phenoxy) is 3. The maximum atomic E-state index is 15.9. The second-order valence-electron chi connectivity index (χ2n) is 10.7. The molecule has 14 heteroatoms. The Kier molecular flexibility index (Phi) is 9.13. The standard InChI is InChI=1S/C31H32F2N6O6/c1-17(31(41)42)16-39-11-8-20(9-12-39)43-26-24(32)29(44-21-5-3-4-19(14-21)28-36-10-13-38(28)2)37-30(25(26)33)45-23-15-18(27(34)35)6-7-22(23)40/h3-7,10,13-15,17,20,40H,8-9,11-12,16H2,1-2H3,(H3,34,35)(H,41,42). The molecule has 45 heavy (non-hydrogen) atoms. The lowest BCUT2D eigenvalue weighted by Crippen LogP contribution is -2.41. The molecule has 2 aromatic carbocycles. The summed E-state index contributed by atoms with van der Waals surface area (Å²) in [4.78, 5) is 21.5. The van der Waals surface area contributed by atoms with Crippen LogP contribution in [0.25, 0.3) is 11.4 Å². The minimum absolute atomic E-state index is 0.174. The molecule has 0 radical (unpaired) electrons. The van der Waals surface area contributed by atoms with Crippen LogP contribution >= 0.6 is 0 Å². The third-order valence-electron chi connectivity index (χ3n) is 7.36. The lowest BCUT2D eigenvalue weighted by atomic mass is 10.1. The van der Waals surface area contributed by atoms with E-state index in [0.717, 1.165) is 0 Å². The van der Waals surface area contributed by atoms with Crippen molar-refractivity contribution in [2.24, 2.45) is 18.7 Å². The number of phenols is 1. The maximum absolute atomic E-state index is 15.9. The molecule has 0 saturated carbocycles. The van der Waals surface area contributed by atoms with Gasteiger partial charge in [0.1, 0.15) is 23.5 Å². The molecule has 0 spiro atoms. The molecule has 5 rings (SSSR count). The Bertz CT molecular complexity index is 1720.